The molecular weight excluding hydrogens is 481 g/mol. The first kappa shape index (κ1) is 21.6. The maximum Gasteiger partial charge on any atom is 0.191 e. The van der Waals surface area contributed by atoms with Crippen molar-refractivity contribution in [2.45, 2.75) is 69.2 Å². The number of nitrogens with zero attached hydrogens (tertiary/aromatic N) is 1. The van der Waals surface area contributed by atoms with Gasteiger partial charge in [0, 0.05) is 31.5 Å². The van der Waals surface area contributed by atoms with Gasteiger partial charge in [-0.1, -0.05) is 12.8 Å². The van der Waals surface area contributed by atoms with Crippen LogP contribution in [0.25, 0.3) is 0 Å². The summed E-state index contributed by atoms with van der Waals surface area (Å²) in [5, 5.41) is 7.14. The minimum atomic E-state index is -2.85. The fourth-order valence-electron chi connectivity index (χ4n) is 4.68. The molecule has 4 fully saturated rings. The average molecular weight is 513 g/mol. The van der Waals surface area contributed by atoms with Gasteiger partial charge in [-0.25, -0.2) is 8.42 Å². The Balaban J connectivity index is 0.00000210. The number of hydrogen-bond donors (Lipinski definition) is 2. The predicted molar refractivity (Wildman–Crippen MR) is 115 cm³/mol. The van der Waals surface area contributed by atoms with Crippen molar-refractivity contribution in [3.05, 3.63) is 0 Å². The SMILES string of the molecule is I.O=S1(=O)CCC(CN=C(NC2CCCC2)NC2CCC3(C2)OCCO3)C1. The highest BCUT2D eigenvalue weighted by atomic mass is 127. The highest BCUT2D eigenvalue weighted by molar-refractivity contribution is 14.0. The molecule has 2 heterocycles. The lowest BCUT2D eigenvalue weighted by Crippen LogP contribution is -2.47. The average Bonchev–Trinajstić information content (AvgIpc) is 3.37. The Morgan fingerprint density at radius 2 is 1.74 bits per heavy atom. The van der Waals surface area contributed by atoms with Crippen LogP contribution in [0.5, 0.6) is 0 Å². The molecule has 0 aromatic carbocycles. The molecule has 0 aromatic heterocycles. The Morgan fingerprint density at radius 1 is 1.04 bits per heavy atom. The lowest BCUT2D eigenvalue weighted by atomic mass is 10.1. The second-order valence-corrected chi connectivity index (χ2v) is 10.5. The van der Waals surface area contributed by atoms with Gasteiger partial charge in [-0.05, 0) is 31.6 Å². The number of halogens is 1. The van der Waals surface area contributed by atoms with Gasteiger partial charge < -0.3 is 20.1 Å². The van der Waals surface area contributed by atoms with E-state index in [1.54, 1.807) is 0 Å². The quantitative estimate of drug-likeness (QED) is 0.339. The summed E-state index contributed by atoms with van der Waals surface area (Å²) in [7, 11) is -2.85. The van der Waals surface area contributed by atoms with Crippen LogP contribution < -0.4 is 10.6 Å². The van der Waals surface area contributed by atoms with Crippen molar-refractivity contribution >= 4 is 39.8 Å². The molecule has 2 atom stereocenters. The summed E-state index contributed by atoms with van der Waals surface area (Å²) < 4.78 is 35.0. The molecule has 2 unspecified atom stereocenters. The highest BCUT2D eigenvalue weighted by Gasteiger charge is 2.44. The van der Waals surface area contributed by atoms with E-state index in [0.717, 1.165) is 31.6 Å². The molecule has 2 aliphatic carbocycles. The Labute approximate surface area is 179 Å². The summed E-state index contributed by atoms with van der Waals surface area (Å²) in [6, 6.07) is 0.760. The summed E-state index contributed by atoms with van der Waals surface area (Å²) in [4.78, 5) is 4.76. The van der Waals surface area contributed by atoms with E-state index in [9.17, 15) is 8.42 Å². The molecular formula is C18H32IN3O4S. The molecule has 2 saturated heterocycles. The molecule has 0 amide bonds. The fraction of sp³-hybridized carbons (Fsp3) is 0.944. The van der Waals surface area contributed by atoms with Crippen molar-refractivity contribution in [2.75, 3.05) is 31.3 Å². The van der Waals surface area contributed by atoms with Gasteiger partial charge in [0.15, 0.2) is 21.6 Å². The van der Waals surface area contributed by atoms with Crippen LogP contribution in [-0.4, -0.2) is 63.5 Å². The molecule has 9 heteroatoms. The number of ether oxygens (including phenoxy) is 2. The lowest BCUT2D eigenvalue weighted by molar-refractivity contribution is -0.151. The Kier molecular flexibility index (Phi) is 7.29. The molecule has 2 aliphatic heterocycles. The van der Waals surface area contributed by atoms with Gasteiger partial charge in [0.05, 0.1) is 24.7 Å². The smallest absolute Gasteiger partial charge is 0.191 e. The first-order valence-corrected chi connectivity index (χ1v) is 11.9. The third-order valence-electron chi connectivity index (χ3n) is 6.12. The Bertz CT molecular complexity index is 631. The van der Waals surface area contributed by atoms with E-state index in [-0.39, 0.29) is 41.7 Å². The van der Waals surface area contributed by atoms with E-state index in [4.69, 9.17) is 14.5 Å². The van der Waals surface area contributed by atoms with Gasteiger partial charge in [0.2, 0.25) is 0 Å². The number of hydrogen-bond acceptors (Lipinski definition) is 5. The topological polar surface area (TPSA) is 89.0 Å². The highest BCUT2D eigenvalue weighted by Crippen LogP contribution is 2.37. The zero-order chi connectivity index (χ0) is 18.0. The van der Waals surface area contributed by atoms with E-state index in [1.165, 1.54) is 25.7 Å². The van der Waals surface area contributed by atoms with Gasteiger partial charge in [0.1, 0.15) is 0 Å². The van der Waals surface area contributed by atoms with Gasteiger partial charge >= 0.3 is 0 Å². The van der Waals surface area contributed by atoms with Crippen LogP contribution in [0, 0.1) is 5.92 Å². The summed E-state index contributed by atoms with van der Waals surface area (Å²) in [6.45, 7) is 1.94. The normalized spacial score (nSPS) is 32.7. The van der Waals surface area contributed by atoms with Crippen molar-refractivity contribution < 1.29 is 17.9 Å². The van der Waals surface area contributed by atoms with Crippen LogP contribution in [0.2, 0.25) is 0 Å². The zero-order valence-electron chi connectivity index (χ0n) is 15.8. The van der Waals surface area contributed by atoms with Crippen molar-refractivity contribution in [3.63, 3.8) is 0 Å². The molecule has 0 bridgehead atoms. The number of nitrogens with one attached hydrogen (secondary N) is 2. The minimum absolute atomic E-state index is 0. The largest absolute Gasteiger partial charge is 0.354 e. The fourth-order valence-corrected chi connectivity index (χ4v) is 6.53. The molecule has 2 saturated carbocycles. The third-order valence-corrected chi connectivity index (χ3v) is 7.95. The molecule has 2 N–H and O–H groups in total. The van der Waals surface area contributed by atoms with E-state index < -0.39 is 15.6 Å². The summed E-state index contributed by atoms with van der Waals surface area (Å²) >= 11 is 0. The first-order valence-electron chi connectivity index (χ1n) is 10.1. The van der Waals surface area contributed by atoms with E-state index in [2.05, 4.69) is 10.6 Å². The zero-order valence-corrected chi connectivity index (χ0v) is 19.0. The van der Waals surface area contributed by atoms with Crippen molar-refractivity contribution in [1.82, 2.24) is 10.6 Å². The van der Waals surface area contributed by atoms with E-state index in [0.29, 0.717) is 31.6 Å². The predicted octanol–water partition coefficient (Wildman–Crippen LogP) is 1.81. The first-order chi connectivity index (χ1) is 12.5. The number of aliphatic imine (C=N–C) groups is 1. The van der Waals surface area contributed by atoms with E-state index >= 15 is 0 Å². The monoisotopic (exact) mass is 513 g/mol. The molecule has 1 spiro atoms. The van der Waals surface area contributed by atoms with Gasteiger partial charge in [-0.2, -0.15) is 0 Å². The number of sulfone groups is 1. The van der Waals surface area contributed by atoms with E-state index in [1.807, 2.05) is 0 Å². The minimum Gasteiger partial charge on any atom is -0.354 e. The van der Waals surface area contributed by atoms with Crippen molar-refractivity contribution in [2.24, 2.45) is 10.9 Å². The van der Waals surface area contributed by atoms with Crippen molar-refractivity contribution in [1.29, 1.82) is 0 Å². The maximum atomic E-state index is 11.7. The Hall–Kier alpha value is -0.130. The molecule has 4 aliphatic rings. The molecule has 7 nitrogen and oxygen atoms in total. The summed E-state index contributed by atoms with van der Waals surface area (Å²) in [5.41, 5.74) is 0. The molecule has 156 valence electrons. The summed E-state index contributed by atoms with van der Waals surface area (Å²) in [6.07, 6.45) is 8.39. The standard InChI is InChI=1S/C18H31N3O4S.HI/c22-26(23)10-6-14(13-26)12-19-17(20-15-3-1-2-4-15)21-16-5-7-18(11-16)24-8-9-25-18;/h14-16H,1-13H2,(H2,19,20,21);1H. The number of guanidine groups is 1. The molecule has 4 rings (SSSR count). The van der Waals surface area contributed by atoms with Crippen LogP contribution in [0.3, 0.4) is 0 Å². The molecule has 27 heavy (non-hydrogen) atoms. The van der Waals surface area contributed by atoms with Crippen LogP contribution in [-0.2, 0) is 19.3 Å². The maximum absolute atomic E-state index is 11.7. The molecule has 0 radical (unpaired) electrons. The van der Waals surface area contributed by atoms with Crippen LogP contribution in [0.4, 0.5) is 0 Å². The second-order valence-electron chi connectivity index (χ2n) is 8.28. The Morgan fingerprint density at radius 3 is 2.41 bits per heavy atom. The van der Waals surface area contributed by atoms with Crippen molar-refractivity contribution in [3.8, 4) is 0 Å². The van der Waals surface area contributed by atoms with Gasteiger partial charge in [-0.3, -0.25) is 4.99 Å². The molecule has 0 aromatic rings. The van der Waals surface area contributed by atoms with Gasteiger partial charge in [0.25, 0.3) is 0 Å². The van der Waals surface area contributed by atoms with Crippen LogP contribution in [0.1, 0.15) is 51.4 Å². The van der Waals surface area contributed by atoms with Crippen LogP contribution in [0.15, 0.2) is 4.99 Å². The second kappa shape index (κ2) is 9.13. The van der Waals surface area contributed by atoms with Crippen LogP contribution >= 0.6 is 24.0 Å². The lowest BCUT2D eigenvalue weighted by Gasteiger charge is -2.24. The van der Waals surface area contributed by atoms with Gasteiger partial charge in [-0.15, -0.1) is 24.0 Å². The third kappa shape index (κ3) is 5.70. The summed E-state index contributed by atoms with van der Waals surface area (Å²) in [5.74, 6) is 1.18. The number of rotatable bonds is 4.